The van der Waals surface area contributed by atoms with Gasteiger partial charge in [0.05, 0.1) is 0 Å². The molecule has 0 bridgehead atoms. The van der Waals surface area contributed by atoms with E-state index in [1.165, 1.54) is 32.1 Å². The first kappa shape index (κ1) is 13.8. The van der Waals surface area contributed by atoms with E-state index in [4.69, 9.17) is 0 Å². The monoisotopic (exact) mass is 358 g/mol. The zero-order valence-electron chi connectivity index (χ0n) is 10.5. The zero-order chi connectivity index (χ0) is 12.8. The van der Waals surface area contributed by atoms with Crippen molar-refractivity contribution in [1.29, 1.82) is 0 Å². The molecule has 0 aliphatic heterocycles. The van der Waals surface area contributed by atoms with Gasteiger partial charge in [-0.3, -0.25) is 4.79 Å². The molecule has 0 spiro atoms. The summed E-state index contributed by atoms with van der Waals surface area (Å²) in [5.41, 5.74) is 0. The molecule has 1 heterocycles. The average molecular weight is 358 g/mol. The Kier molecular flexibility index (Phi) is 5.41. The van der Waals surface area contributed by atoms with Gasteiger partial charge < -0.3 is 5.32 Å². The van der Waals surface area contributed by atoms with Gasteiger partial charge in [-0.2, -0.15) is 0 Å². The molecule has 1 aliphatic carbocycles. The van der Waals surface area contributed by atoms with Gasteiger partial charge in [0, 0.05) is 15.7 Å². The number of nitrogens with one attached hydrogen (secondary N) is 1. The number of anilines is 1. The molecule has 2 rings (SSSR count). The molecule has 1 aromatic rings. The maximum atomic E-state index is 12.2. The van der Waals surface area contributed by atoms with Crippen molar-refractivity contribution in [3.05, 3.63) is 21.9 Å². The highest BCUT2D eigenvalue weighted by molar-refractivity contribution is 14.1. The summed E-state index contributed by atoms with van der Waals surface area (Å²) >= 11 is 2.21. The maximum absolute atomic E-state index is 12.2. The van der Waals surface area contributed by atoms with Crippen LogP contribution in [0, 0.1) is 9.49 Å². The highest BCUT2D eigenvalue weighted by Crippen LogP contribution is 2.23. The standard InChI is InChI=1S/C14H19IN2O/c15-12-8-9-13(16-10-12)17-14(18)11-6-4-2-1-3-5-7-11/h8-11H,1-7H2,(H,16,17,18). The first-order valence-corrected chi connectivity index (χ1v) is 7.76. The van der Waals surface area contributed by atoms with E-state index in [2.05, 4.69) is 32.9 Å². The molecular weight excluding hydrogens is 339 g/mol. The fraction of sp³-hybridized carbons (Fsp3) is 0.571. The maximum Gasteiger partial charge on any atom is 0.228 e. The van der Waals surface area contributed by atoms with E-state index in [1.54, 1.807) is 6.20 Å². The molecule has 0 unspecified atom stereocenters. The van der Waals surface area contributed by atoms with Crippen molar-refractivity contribution >= 4 is 34.3 Å². The summed E-state index contributed by atoms with van der Waals surface area (Å²) in [4.78, 5) is 16.4. The molecule has 3 nitrogen and oxygen atoms in total. The first-order valence-electron chi connectivity index (χ1n) is 6.68. The lowest BCUT2D eigenvalue weighted by atomic mass is 9.90. The molecular formula is C14H19IN2O. The second-order valence-electron chi connectivity index (χ2n) is 4.89. The Balaban J connectivity index is 1.91. The summed E-state index contributed by atoms with van der Waals surface area (Å²) in [5.74, 6) is 0.986. The molecule has 1 N–H and O–H groups in total. The third-order valence-electron chi connectivity index (χ3n) is 3.45. The molecule has 0 radical (unpaired) electrons. The number of rotatable bonds is 2. The molecule has 4 heteroatoms. The Hall–Kier alpha value is -0.650. The van der Waals surface area contributed by atoms with E-state index in [1.807, 2.05) is 12.1 Å². The van der Waals surface area contributed by atoms with E-state index in [-0.39, 0.29) is 11.8 Å². The minimum Gasteiger partial charge on any atom is -0.310 e. The number of carbonyl (C=O) groups is 1. The van der Waals surface area contributed by atoms with E-state index >= 15 is 0 Å². The topological polar surface area (TPSA) is 42.0 Å². The minimum atomic E-state index is 0.144. The number of halogens is 1. The van der Waals surface area contributed by atoms with Crippen LogP contribution in [0.5, 0.6) is 0 Å². The van der Waals surface area contributed by atoms with E-state index in [0.29, 0.717) is 5.82 Å². The number of nitrogens with zero attached hydrogens (tertiary/aromatic N) is 1. The van der Waals surface area contributed by atoms with Gasteiger partial charge in [-0.1, -0.05) is 32.1 Å². The lowest BCUT2D eigenvalue weighted by Gasteiger charge is -2.18. The van der Waals surface area contributed by atoms with Gasteiger partial charge in [0.15, 0.2) is 0 Å². The van der Waals surface area contributed by atoms with Crippen LogP contribution in [0.25, 0.3) is 0 Å². The highest BCUT2D eigenvalue weighted by atomic mass is 127. The van der Waals surface area contributed by atoms with E-state index < -0.39 is 0 Å². The predicted octanol–water partition coefficient (Wildman–Crippen LogP) is 3.99. The molecule has 1 aliphatic rings. The number of carbonyl (C=O) groups excluding carboxylic acids is 1. The Morgan fingerprint density at radius 1 is 1.17 bits per heavy atom. The zero-order valence-corrected chi connectivity index (χ0v) is 12.7. The van der Waals surface area contributed by atoms with Crippen molar-refractivity contribution in [2.45, 2.75) is 44.9 Å². The Morgan fingerprint density at radius 2 is 1.83 bits per heavy atom. The van der Waals surface area contributed by atoms with Gasteiger partial charge in [-0.25, -0.2) is 4.98 Å². The molecule has 1 amide bonds. The predicted molar refractivity (Wildman–Crippen MR) is 81.4 cm³/mol. The fourth-order valence-corrected chi connectivity index (χ4v) is 2.72. The minimum absolute atomic E-state index is 0.144. The van der Waals surface area contributed by atoms with Crippen LogP contribution in [0.4, 0.5) is 5.82 Å². The van der Waals surface area contributed by atoms with Gasteiger partial charge in [0.25, 0.3) is 0 Å². The van der Waals surface area contributed by atoms with Gasteiger partial charge in [-0.05, 0) is 47.6 Å². The summed E-state index contributed by atoms with van der Waals surface area (Å²) in [6.07, 6.45) is 10.0. The van der Waals surface area contributed by atoms with Crippen LogP contribution in [-0.4, -0.2) is 10.9 Å². The summed E-state index contributed by atoms with van der Waals surface area (Å²) < 4.78 is 1.08. The highest BCUT2D eigenvalue weighted by Gasteiger charge is 2.19. The fourth-order valence-electron chi connectivity index (χ4n) is 2.40. The number of pyridine rings is 1. The van der Waals surface area contributed by atoms with Crippen molar-refractivity contribution in [1.82, 2.24) is 4.98 Å². The molecule has 1 aromatic heterocycles. The lowest BCUT2D eigenvalue weighted by Crippen LogP contribution is -2.24. The Labute approximate surface area is 122 Å². The molecule has 1 saturated carbocycles. The second kappa shape index (κ2) is 7.07. The van der Waals surface area contributed by atoms with Gasteiger partial charge >= 0.3 is 0 Å². The molecule has 18 heavy (non-hydrogen) atoms. The second-order valence-corrected chi connectivity index (χ2v) is 6.14. The van der Waals surface area contributed by atoms with Crippen LogP contribution < -0.4 is 5.32 Å². The normalized spacial score (nSPS) is 17.8. The number of amides is 1. The van der Waals surface area contributed by atoms with Crippen molar-refractivity contribution in [2.24, 2.45) is 5.92 Å². The van der Waals surface area contributed by atoms with Crippen molar-refractivity contribution in [2.75, 3.05) is 5.32 Å². The number of aromatic nitrogens is 1. The van der Waals surface area contributed by atoms with Gasteiger partial charge in [0.1, 0.15) is 5.82 Å². The summed E-state index contributed by atoms with van der Waals surface area (Å²) in [6.45, 7) is 0. The molecule has 0 saturated heterocycles. The first-order chi connectivity index (χ1) is 8.75. The van der Waals surface area contributed by atoms with Gasteiger partial charge in [-0.15, -0.1) is 0 Å². The van der Waals surface area contributed by atoms with Crippen molar-refractivity contribution in [3.8, 4) is 0 Å². The summed E-state index contributed by atoms with van der Waals surface area (Å²) in [6, 6.07) is 3.82. The molecule has 0 aromatic carbocycles. The molecule has 1 fully saturated rings. The van der Waals surface area contributed by atoms with Crippen LogP contribution in [-0.2, 0) is 4.79 Å². The van der Waals surface area contributed by atoms with E-state index in [9.17, 15) is 4.79 Å². The smallest absolute Gasteiger partial charge is 0.228 e. The largest absolute Gasteiger partial charge is 0.310 e. The number of hydrogen-bond acceptors (Lipinski definition) is 2. The van der Waals surface area contributed by atoms with Crippen LogP contribution in [0.1, 0.15) is 44.9 Å². The van der Waals surface area contributed by atoms with E-state index in [0.717, 1.165) is 16.4 Å². The quantitative estimate of drug-likeness (QED) is 0.813. The molecule has 0 atom stereocenters. The van der Waals surface area contributed by atoms with Crippen LogP contribution in [0.2, 0.25) is 0 Å². The van der Waals surface area contributed by atoms with Crippen molar-refractivity contribution in [3.63, 3.8) is 0 Å². The van der Waals surface area contributed by atoms with Crippen LogP contribution >= 0.6 is 22.6 Å². The lowest BCUT2D eigenvalue weighted by molar-refractivity contribution is -0.120. The summed E-state index contributed by atoms with van der Waals surface area (Å²) in [7, 11) is 0. The average Bonchev–Trinajstić information content (AvgIpc) is 2.31. The van der Waals surface area contributed by atoms with Crippen molar-refractivity contribution < 1.29 is 4.79 Å². The summed E-state index contributed by atoms with van der Waals surface area (Å²) in [5, 5.41) is 2.93. The Morgan fingerprint density at radius 3 is 2.44 bits per heavy atom. The Bertz CT molecular complexity index is 383. The third kappa shape index (κ3) is 4.23. The van der Waals surface area contributed by atoms with Gasteiger partial charge in [0.2, 0.25) is 5.91 Å². The van der Waals surface area contributed by atoms with Crippen LogP contribution in [0.15, 0.2) is 18.3 Å². The third-order valence-corrected chi connectivity index (χ3v) is 4.09. The van der Waals surface area contributed by atoms with Crippen LogP contribution in [0.3, 0.4) is 0 Å². The molecule has 98 valence electrons. The number of hydrogen-bond donors (Lipinski definition) is 1. The SMILES string of the molecule is O=C(Nc1ccc(I)cn1)C1CCCCCCC1.